The lowest BCUT2D eigenvalue weighted by atomic mass is 10.2. The van der Waals surface area contributed by atoms with Crippen molar-refractivity contribution in [2.45, 2.75) is 32.4 Å². The summed E-state index contributed by atoms with van der Waals surface area (Å²) < 4.78 is 27.5. The van der Waals surface area contributed by atoms with Crippen molar-refractivity contribution in [1.29, 1.82) is 0 Å². The SMILES string of the molecule is COC(=O)C(C)CSCCS(=O)(=O)C(C)(C)C. The average Bonchev–Trinajstić information content (AvgIpc) is 2.21. The summed E-state index contributed by atoms with van der Waals surface area (Å²) in [5.41, 5.74) is 0. The van der Waals surface area contributed by atoms with Gasteiger partial charge >= 0.3 is 5.97 Å². The van der Waals surface area contributed by atoms with Gasteiger partial charge in [0, 0.05) is 11.5 Å². The number of esters is 1. The van der Waals surface area contributed by atoms with E-state index < -0.39 is 14.6 Å². The summed E-state index contributed by atoms with van der Waals surface area (Å²) in [7, 11) is -1.70. The fraction of sp³-hybridized carbons (Fsp3) is 0.909. The highest BCUT2D eigenvalue weighted by Gasteiger charge is 2.28. The van der Waals surface area contributed by atoms with Crippen LogP contribution in [0.2, 0.25) is 0 Å². The third-order valence-electron chi connectivity index (χ3n) is 2.40. The van der Waals surface area contributed by atoms with Gasteiger partial charge in [-0.1, -0.05) is 6.92 Å². The molecule has 0 aliphatic carbocycles. The van der Waals surface area contributed by atoms with Crippen LogP contribution < -0.4 is 0 Å². The van der Waals surface area contributed by atoms with Gasteiger partial charge in [-0.15, -0.1) is 0 Å². The molecule has 0 aromatic rings. The van der Waals surface area contributed by atoms with Crippen LogP contribution >= 0.6 is 11.8 Å². The number of rotatable bonds is 6. The second-order valence-corrected chi connectivity index (χ2v) is 8.94. The van der Waals surface area contributed by atoms with Crippen LogP contribution in [0.1, 0.15) is 27.7 Å². The van der Waals surface area contributed by atoms with Gasteiger partial charge < -0.3 is 4.74 Å². The lowest BCUT2D eigenvalue weighted by molar-refractivity contribution is -0.143. The maximum Gasteiger partial charge on any atom is 0.309 e. The zero-order chi connectivity index (χ0) is 13.7. The van der Waals surface area contributed by atoms with Crippen molar-refractivity contribution in [3.8, 4) is 0 Å². The molecular formula is C11H22O4S2. The lowest BCUT2D eigenvalue weighted by Gasteiger charge is -2.19. The Morgan fingerprint density at radius 3 is 2.29 bits per heavy atom. The van der Waals surface area contributed by atoms with E-state index in [1.807, 2.05) is 0 Å². The normalized spacial score (nSPS) is 14.4. The molecule has 0 aromatic carbocycles. The topological polar surface area (TPSA) is 60.4 Å². The molecule has 102 valence electrons. The predicted molar refractivity (Wildman–Crippen MR) is 72.0 cm³/mol. The monoisotopic (exact) mass is 282 g/mol. The number of hydrogen-bond donors (Lipinski definition) is 0. The minimum atomic E-state index is -3.06. The molecule has 0 saturated carbocycles. The number of hydrogen-bond acceptors (Lipinski definition) is 5. The molecule has 4 nitrogen and oxygen atoms in total. The number of sulfone groups is 1. The van der Waals surface area contributed by atoms with Crippen LogP contribution in [-0.4, -0.2) is 43.5 Å². The van der Waals surface area contributed by atoms with Crippen molar-refractivity contribution in [2.75, 3.05) is 24.4 Å². The minimum Gasteiger partial charge on any atom is -0.469 e. The van der Waals surface area contributed by atoms with E-state index in [9.17, 15) is 13.2 Å². The number of ether oxygens (including phenoxy) is 1. The van der Waals surface area contributed by atoms with Crippen molar-refractivity contribution in [1.82, 2.24) is 0 Å². The third-order valence-corrected chi connectivity index (χ3v) is 6.50. The van der Waals surface area contributed by atoms with Crippen molar-refractivity contribution < 1.29 is 17.9 Å². The molecule has 0 spiro atoms. The van der Waals surface area contributed by atoms with Crippen LogP contribution in [0.15, 0.2) is 0 Å². The average molecular weight is 282 g/mol. The Kier molecular flexibility index (Phi) is 6.55. The van der Waals surface area contributed by atoms with Gasteiger partial charge in [-0.2, -0.15) is 11.8 Å². The Bertz CT molecular complexity index is 341. The number of carbonyl (C=O) groups excluding carboxylic acids is 1. The quantitative estimate of drug-likeness (QED) is 0.548. The molecule has 0 aromatic heterocycles. The Balaban J connectivity index is 3.99. The lowest BCUT2D eigenvalue weighted by Crippen LogP contribution is -2.31. The molecule has 0 aliphatic rings. The van der Waals surface area contributed by atoms with Crippen LogP contribution in [0.5, 0.6) is 0 Å². The first-order valence-corrected chi connectivity index (χ1v) is 8.30. The van der Waals surface area contributed by atoms with E-state index in [1.165, 1.54) is 18.9 Å². The van der Waals surface area contributed by atoms with Crippen LogP contribution in [0.4, 0.5) is 0 Å². The molecule has 0 N–H and O–H groups in total. The van der Waals surface area contributed by atoms with Gasteiger partial charge in [-0.25, -0.2) is 8.42 Å². The van der Waals surface area contributed by atoms with Gasteiger partial charge in [0.05, 0.1) is 23.5 Å². The molecule has 0 amide bonds. The molecule has 17 heavy (non-hydrogen) atoms. The zero-order valence-corrected chi connectivity index (χ0v) is 12.8. The van der Waals surface area contributed by atoms with E-state index in [2.05, 4.69) is 4.74 Å². The molecule has 0 fully saturated rings. The largest absolute Gasteiger partial charge is 0.469 e. The van der Waals surface area contributed by atoms with Gasteiger partial charge in [0.1, 0.15) is 0 Å². The van der Waals surface area contributed by atoms with Crippen molar-refractivity contribution in [3.63, 3.8) is 0 Å². The van der Waals surface area contributed by atoms with Crippen LogP contribution in [0.3, 0.4) is 0 Å². The van der Waals surface area contributed by atoms with Crippen molar-refractivity contribution in [3.05, 3.63) is 0 Å². The highest BCUT2D eigenvalue weighted by molar-refractivity contribution is 8.00. The first-order chi connectivity index (χ1) is 7.62. The summed E-state index contributed by atoms with van der Waals surface area (Å²) in [6.07, 6.45) is 0. The van der Waals surface area contributed by atoms with Crippen LogP contribution in [0, 0.1) is 5.92 Å². The van der Waals surface area contributed by atoms with E-state index >= 15 is 0 Å². The summed E-state index contributed by atoms with van der Waals surface area (Å²) >= 11 is 1.47. The Labute approximate surface area is 108 Å². The van der Waals surface area contributed by atoms with Gasteiger partial charge in [-0.3, -0.25) is 4.79 Å². The maximum absolute atomic E-state index is 11.8. The Morgan fingerprint density at radius 2 is 1.88 bits per heavy atom. The molecule has 0 heterocycles. The minimum absolute atomic E-state index is 0.148. The van der Waals surface area contributed by atoms with Gasteiger partial charge in [-0.05, 0) is 20.8 Å². The number of methoxy groups -OCH3 is 1. The smallest absolute Gasteiger partial charge is 0.309 e. The molecule has 0 saturated heterocycles. The van der Waals surface area contributed by atoms with Crippen LogP contribution in [0.25, 0.3) is 0 Å². The molecule has 1 unspecified atom stereocenters. The first kappa shape index (κ1) is 16.8. The molecule has 1 atom stereocenters. The maximum atomic E-state index is 11.8. The first-order valence-electron chi connectivity index (χ1n) is 5.49. The third kappa shape index (κ3) is 5.77. The fourth-order valence-corrected chi connectivity index (χ4v) is 3.62. The summed E-state index contributed by atoms with van der Waals surface area (Å²) in [5.74, 6) is 0.806. The van der Waals surface area contributed by atoms with Gasteiger partial charge in [0.25, 0.3) is 0 Å². The Hall–Kier alpha value is -0.230. The highest BCUT2D eigenvalue weighted by atomic mass is 32.2. The standard InChI is InChI=1S/C11H22O4S2/c1-9(10(12)15-5)8-16-6-7-17(13,14)11(2,3)4/h9H,6-8H2,1-5H3. The molecule has 0 rings (SSSR count). The summed E-state index contributed by atoms with van der Waals surface area (Å²) in [4.78, 5) is 11.1. The van der Waals surface area contributed by atoms with Gasteiger partial charge in [0.15, 0.2) is 9.84 Å². The van der Waals surface area contributed by atoms with E-state index in [0.29, 0.717) is 11.5 Å². The van der Waals surface area contributed by atoms with Crippen molar-refractivity contribution in [2.24, 2.45) is 5.92 Å². The highest BCUT2D eigenvalue weighted by Crippen LogP contribution is 2.18. The Morgan fingerprint density at radius 1 is 1.35 bits per heavy atom. The summed E-state index contributed by atoms with van der Waals surface area (Å²) in [6, 6.07) is 0. The second kappa shape index (κ2) is 6.64. The van der Waals surface area contributed by atoms with E-state index in [4.69, 9.17) is 0 Å². The van der Waals surface area contributed by atoms with E-state index in [-0.39, 0.29) is 17.6 Å². The molecule has 6 heteroatoms. The summed E-state index contributed by atoms with van der Waals surface area (Å²) in [5, 5.41) is 0. The predicted octanol–water partition coefficient (Wildman–Crippen LogP) is 1.74. The molecular weight excluding hydrogens is 260 g/mol. The fourth-order valence-electron chi connectivity index (χ4n) is 1.00. The van der Waals surface area contributed by atoms with Gasteiger partial charge in [0.2, 0.25) is 0 Å². The van der Waals surface area contributed by atoms with E-state index in [1.54, 1.807) is 27.7 Å². The number of thioether (sulfide) groups is 1. The van der Waals surface area contributed by atoms with Crippen LogP contribution in [-0.2, 0) is 19.4 Å². The second-order valence-electron chi connectivity index (χ2n) is 4.93. The number of carbonyl (C=O) groups is 1. The zero-order valence-electron chi connectivity index (χ0n) is 11.1. The molecule has 0 bridgehead atoms. The van der Waals surface area contributed by atoms with E-state index in [0.717, 1.165) is 0 Å². The van der Waals surface area contributed by atoms with Crippen molar-refractivity contribution >= 4 is 27.6 Å². The molecule has 0 aliphatic heterocycles. The summed E-state index contributed by atoms with van der Waals surface area (Å²) in [6.45, 7) is 6.87. The molecule has 0 radical (unpaired) electrons.